The van der Waals surface area contributed by atoms with Crippen LogP contribution in [0, 0.1) is 0 Å². The standard InChI is InChI=1S/C23H28O6.H2OP/c1-5-6-10-13-29-23(25)20(16-11-8-7-9-12-16)22(24)21-18(27-3)14-17(26-2)15-19(21)28-4;1-2/h7-9,11-12,14-15,20H,5-6,10,13H2,1-4H3;2H2/q;+1. The molecule has 2 unspecified atom stereocenters. The molecule has 2 atom stereocenters. The number of benzene rings is 2. The molecule has 31 heavy (non-hydrogen) atoms. The van der Waals surface area contributed by atoms with Crippen molar-refractivity contribution in [2.24, 2.45) is 0 Å². The molecule has 8 heteroatoms. The fourth-order valence-corrected chi connectivity index (χ4v) is 3.04. The maximum absolute atomic E-state index is 13.5. The summed E-state index contributed by atoms with van der Waals surface area (Å²) < 4.78 is 29.6. The lowest BCUT2D eigenvalue weighted by Crippen LogP contribution is -2.25. The predicted molar refractivity (Wildman–Crippen MR) is 120 cm³/mol. The Balaban J connectivity index is 0.00000233. The normalized spacial score (nSPS) is 10.8. The molecule has 0 radical (unpaired) electrons. The first kappa shape index (κ1) is 26.1. The summed E-state index contributed by atoms with van der Waals surface area (Å²) in [6, 6.07) is 12.0. The average molecular weight is 449 g/mol. The van der Waals surface area contributed by atoms with E-state index < -0.39 is 17.7 Å². The number of carbonyl (C=O) groups is 2. The molecule has 0 aliphatic carbocycles. The predicted octanol–water partition coefficient (Wildman–Crippen LogP) is 4.62. The summed E-state index contributed by atoms with van der Waals surface area (Å²) in [7, 11) is 5.58. The van der Waals surface area contributed by atoms with E-state index in [-0.39, 0.29) is 23.7 Å². The van der Waals surface area contributed by atoms with Gasteiger partial charge in [-0.3, -0.25) is 9.59 Å². The largest absolute Gasteiger partial charge is 0.496 e. The van der Waals surface area contributed by atoms with Gasteiger partial charge in [0.2, 0.25) is 0 Å². The molecule has 0 saturated carbocycles. The number of ether oxygens (including phenoxy) is 4. The number of Topliss-reactive ketones (excluding diaryl/α,β-unsaturated/α-hetero) is 1. The summed E-state index contributed by atoms with van der Waals surface area (Å²) in [5.41, 5.74) is 0.730. The molecule has 2 aromatic rings. The Morgan fingerprint density at radius 2 is 1.48 bits per heavy atom. The van der Waals surface area contributed by atoms with Gasteiger partial charge in [0.15, 0.2) is 5.78 Å². The molecule has 2 rings (SSSR count). The molecular weight excluding hydrogens is 419 g/mol. The number of unbranched alkanes of at least 4 members (excludes halogenated alkanes) is 2. The molecule has 0 saturated heterocycles. The molecule has 2 aromatic carbocycles. The molecule has 0 heterocycles. The van der Waals surface area contributed by atoms with Gasteiger partial charge in [0.25, 0.3) is 0 Å². The van der Waals surface area contributed by atoms with Gasteiger partial charge >= 0.3 is 15.1 Å². The Labute approximate surface area is 185 Å². The van der Waals surface area contributed by atoms with Gasteiger partial charge in [0, 0.05) is 12.1 Å². The van der Waals surface area contributed by atoms with Crippen molar-refractivity contribution in [2.75, 3.05) is 27.9 Å². The number of esters is 1. The van der Waals surface area contributed by atoms with Gasteiger partial charge in [0.05, 0.1) is 27.9 Å². The SMILES string of the molecule is CCCCCOC(=O)C(C(=O)c1c(OC)cc(OC)cc1OC)c1ccccc1.O=[PH2+]. The van der Waals surface area contributed by atoms with E-state index in [0.29, 0.717) is 11.3 Å². The van der Waals surface area contributed by atoms with Crippen LogP contribution >= 0.6 is 9.12 Å². The Hall–Kier alpha value is -2.92. The smallest absolute Gasteiger partial charge is 0.321 e. The molecule has 7 nitrogen and oxygen atoms in total. The van der Waals surface area contributed by atoms with Gasteiger partial charge in [-0.1, -0.05) is 54.7 Å². The van der Waals surface area contributed by atoms with Crippen LogP contribution in [-0.4, -0.2) is 39.7 Å². The van der Waals surface area contributed by atoms with Crippen molar-refractivity contribution in [1.29, 1.82) is 0 Å². The number of hydrogen-bond acceptors (Lipinski definition) is 7. The van der Waals surface area contributed by atoms with Crippen molar-refractivity contribution in [3.8, 4) is 17.2 Å². The van der Waals surface area contributed by atoms with E-state index in [1.54, 1.807) is 36.4 Å². The van der Waals surface area contributed by atoms with E-state index in [4.69, 9.17) is 23.5 Å². The molecule has 0 amide bonds. The first-order valence-electron chi connectivity index (χ1n) is 9.86. The molecule has 0 spiro atoms. The van der Waals surface area contributed by atoms with E-state index in [1.807, 2.05) is 6.07 Å². The van der Waals surface area contributed by atoms with Crippen molar-refractivity contribution in [1.82, 2.24) is 0 Å². The van der Waals surface area contributed by atoms with Gasteiger partial charge in [0.1, 0.15) is 28.7 Å². The van der Waals surface area contributed by atoms with Gasteiger partial charge in [-0.2, -0.15) is 0 Å². The molecule has 0 bridgehead atoms. The third-order valence-corrected chi connectivity index (χ3v) is 4.58. The summed E-state index contributed by atoms with van der Waals surface area (Å²) in [6.07, 6.45) is 2.73. The van der Waals surface area contributed by atoms with E-state index >= 15 is 0 Å². The van der Waals surface area contributed by atoms with Crippen LogP contribution in [0.5, 0.6) is 17.2 Å². The van der Waals surface area contributed by atoms with E-state index in [2.05, 4.69) is 6.92 Å². The summed E-state index contributed by atoms with van der Waals surface area (Å²) >= 11 is 0. The minimum Gasteiger partial charge on any atom is -0.496 e. The zero-order valence-electron chi connectivity index (χ0n) is 18.4. The quantitative estimate of drug-likeness (QED) is 0.163. The lowest BCUT2D eigenvalue weighted by atomic mass is 9.89. The highest BCUT2D eigenvalue weighted by molar-refractivity contribution is 7.00. The van der Waals surface area contributed by atoms with Crippen LogP contribution in [0.1, 0.15) is 48.0 Å². The monoisotopic (exact) mass is 449 g/mol. The van der Waals surface area contributed by atoms with Crippen molar-refractivity contribution in [2.45, 2.75) is 32.1 Å². The van der Waals surface area contributed by atoms with E-state index in [0.717, 1.165) is 19.3 Å². The van der Waals surface area contributed by atoms with Crippen LogP contribution < -0.4 is 14.2 Å². The minimum atomic E-state index is -1.12. The van der Waals surface area contributed by atoms with E-state index in [9.17, 15) is 9.59 Å². The number of carbonyl (C=O) groups excluding carboxylic acids is 2. The number of methoxy groups -OCH3 is 3. The second-order valence-corrected chi connectivity index (χ2v) is 6.49. The van der Waals surface area contributed by atoms with Crippen LogP contribution in [0.3, 0.4) is 0 Å². The molecule has 0 N–H and O–H groups in total. The van der Waals surface area contributed by atoms with Gasteiger partial charge in [-0.15, -0.1) is 0 Å². The van der Waals surface area contributed by atoms with Crippen molar-refractivity contribution >= 4 is 20.9 Å². The fraction of sp³-hybridized carbons (Fsp3) is 0.391. The zero-order chi connectivity index (χ0) is 23.2. The van der Waals surface area contributed by atoms with Crippen molar-refractivity contribution in [3.05, 3.63) is 53.6 Å². The molecule has 0 fully saturated rings. The highest BCUT2D eigenvalue weighted by atomic mass is 31.0. The topological polar surface area (TPSA) is 88.1 Å². The number of hydrogen-bond donors (Lipinski definition) is 0. The van der Waals surface area contributed by atoms with Gasteiger partial charge in [-0.25, -0.2) is 0 Å². The summed E-state index contributed by atoms with van der Waals surface area (Å²) in [5.74, 6) is -1.13. The zero-order valence-corrected chi connectivity index (χ0v) is 19.5. The van der Waals surface area contributed by atoms with E-state index in [1.165, 1.54) is 30.4 Å². The summed E-state index contributed by atoms with van der Waals surface area (Å²) in [4.78, 5) is 26.4. The van der Waals surface area contributed by atoms with Crippen LogP contribution in [0.2, 0.25) is 0 Å². The first-order chi connectivity index (χ1) is 15.1. The van der Waals surface area contributed by atoms with Crippen LogP contribution in [0.15, 0.2) is 42.5 Å². The second kappa shape index (κ2) is 14.1. The van der Waals surface area contributed by atoms with Crippen molar-refractivity contribution in [3.63, 3.8) is 0 Å². The van der Waals surface area contributed by atoms with Crippen molar-refractivity contribution < 1.29 is 33.1 Å². The third-order valence-electron chi connectivity index (χ3n) is 4.58. The Bertz CT molecular complexity index is 814. The lowest BCUT2D eigenvalue weighted by Gasteiger charge is -2.19. The Morgan fingerprint density at radius 3 is 1.97 bits per heavy atom. The first-order valence-corrected chi connectivity index (χ1v) is 10.3. The van der Waals surface area contributed by atoms with Crippen LogP contribution in [-0.2, 0) is 14.1 Å². The van der Waals surface area contributed by atoms with Crippen LogP contribution in [0.25, 0.3) is 0 Å². The summed E-state index contributed by atoms with van der Waals surface area (Å²) in [5, 5.41) is 0. The van der Waals surface area contributed by atoms with Gasteiger partial charge in [-0.05, 0) is 12.0 Å². The fourth-order valence-electron chi connectivity index (χ4n) is 3.04. The summed E-state index contributed by atoms with van der Waals surface area (Å²) in [6.45, 7) is 2.35. The number of ketones is 1. The minimum absolute atomic E-state index is 0.176. The Morgan fingerprint density at radius 1 is 0.903 bits per heavy atom. The molecule has 0 aliphatic rings. The lowest BCUT2D eigenvalue weighted by molar-refractivity contribution is -0.144. The maximum atomic E-state index is 13.5. The highest BCUT2D eigenvalue weighted by Crippen LogP contribution is 2.37. The highest BCUT2D eigenvalue weighted by Gasteiger charge is 2.35. The molecule has 0 aliphatic heterocycles. The van der Waals surface area contributed by atoms with Crippen LogP contribution in [0.4, 0.5) is 0 Å². The Kier molecular flexibility index (Phi) is 11.9. The number of rotatable bonds is 11. The molecule has 168 valence electrons. The van der Waals surface area contributed by atoms with Gasteiger partial charge < -0.3 is 18.9 Å². The average Bonchev–Trinajstić information content (AvgIpc) is 2.82. The second-order valence-electron chi connectivity index (χ2n) is 6.49. The molecular formula is C23H30O7P+. The maximum Gasteiger partial charge on any atom is 0.321 e. The third kappa shape index (κ3) is 7.07. The molecule has 0 aromatic heterocycles.